The molecule has 1 aliphatic rings. The molecule has 0 N–H and O–H groups in total. The van der Waals surface area contributed by atoms with Crippen LogP contribution in [0.25, 0.3) is 0 Å². The van der Waals surface area contributed by atoms with Gasteiger partial charge in [-0.25, -0.2) is 0 Å². The van der Waals surface area contributed by atoms with Gasteiger partial charge in [-0.2, -0.15) is 0 Å². The van der Waals surface area contributed by atoms with E-state index in [-0.39, 0.29) is 11.9 Å². The number of benzene rings is 1. The van der Waals surface area contributed by atoms with Gasteiger partial charge < -0.3 is 9.47 Å². The second kappa shape index (κ2) is 7.13. The van der Waals surface area contributed by atoms with Crippen LogP contribution in [0, 0.1) is 11.8 Å². The van der Waals surface area contributed by atoms with Gasteiger partial charge in [-0.15, -0.1) is 0 Å². The molecule has 108 valence electrons. The molecule has 0 aliphatic heterocycles. The Morgan fingerprint density at radius 2 is 1.80 bits per heavy atom. The summed E-state index contributed by atoms with van der Waals surface area (Å²) in [5.74, 6) is 2.02. The Labute approximate surface area is 120 Å². The molecule has 0 atom stereocenters. The van der Waals surface area contributed by atoms with Gasteiger partial charge in [0.15, 0.2) is 0 Å². The van der Waals surface area contributed by atoms with E-state index in [2.05, 4.69) is 13.5 Å². The van der Waals surface area contributed by atoms with Crippen molar-refractivity contribution in [1.82, 2.24) is 0 Å². The minimum absolute atomic E-state index is 0.0582. The van der Waals surface area contributed by atoms with E-state index in [9.17, 15) is 4.79 Å². The summed E-state index contributed by atoms with van der Waals surface area (Å²) >= 11 is 0. The number of carbonyl (C=O) groups excluding carboxylic acids is 1. The van der Waals surface area contributed by atoms with Crippen LogP contribution in [0.1, 0.15) is 32.6 Å². The smallest absolute Gasteiger partial charge is 0.314 e. The van der Waals surface area contributed by atoms with Gasteiger partial charge in [0, 0.05) is 0 Å². The molecule has 1 saturated carbocycles. The van der Waals surface area contributed by atoms with Crippen molar-refractivity contribution in [2.45, 2.75) is 32.6 Å². The van der Waals surface area contributed by atoms with E-state index in [1.165, 1.54) is 0 Å². The number of hydrogen-bond donors (Lipinski definition) is 0. The molecule has 3 heteroatoms. The van der Waals surface area contributed by atoms with E-state index in [0.717, 1.165) is 37.4 Å². The van der Waals surface area contributed by atoms with E-state index in [1.54, 1.807) is 30.3 Å². The highest BCUT2D eigenvalue weighted by Gasteiger charge is 2.25. The van der Waals surface area contributed by atoms with E-state index in [0.29, 0.717) is 12.4 Å². The van der Waals surface area contributed by atoms with Crippen LogP contribution in [0.5, 0.6) is 11.5 Å². The van der Waals surface area contributed by atoms with E-state index in [1.807, 2.05) is 0 Å². The Kier molecular flexibility index (Phi) is 5.22. The lowest BCUT2D eigenvalue weighted by atomic mass is 9.83. The van der Waals surface area contributed by atoms with Crippen LogP contribution < -0.4 is 9.47 Å². The van der Waals surface area contributed by atoms with Crippen molar-refractivity contribution < 1.29 is 14.3 Å². The third kappa shape index (κ3) is 4.12. The summed E-state index contributed by atoms with van der Waals surface area (Å²) in [5.41, 5.74) is 0. The molecule has 20 heavy (non-hydrogen) atoms. The topological polar surface area (TPSA) is 35.5 Å². The molecule has 3 nitrogen and oxygen atoms in total. The zero-order valence-electron chi connectivity index (χ0n) is 12.0. The monoisotopic (exact) mass is 274 g/mol. The second-order valence-corrected chi connectivity index (χ2v) is 5.45. The Bertz CT molecular complexity index is 442. The number of rotatable bonds is 5. The number of esters is 1. The van der Waals surface area contributed by atoms with Crippen LogP contribution in [-0.2, 0) is 4.79 Å². The molecule has 1 aromatic carbocycles. The highest BCUT2D eigenvalue weighted by molar-refractivity contribution is 5.75. The number of hydrogen-bond acceptors (Lipinski definition) is 3. The molecule has 0 amide bonds. The van der Waals surface area contributed by atoms with Crippen molar-refractivity contribution in [3.63, 3.8) is 0 Å². The summed E-state index contributed by atoms with van der Waals surface area (Å²) < 4.78 is 10.8. The summed E-state index contributed by atoms with van der Waals surface area (Å²) in [6.07, 6.45) is 5.82. The quantitative estimate of drug-likeness (QED) is 0.463. The molecule has 2 rings (SSSR count). The lowest BCUT2D eigenvalue weighted by Crippen LogP contribution is -2.24. The zero-order chi connectivity index (χ0) is 14.4. The van der Waals surface area contributed by atoms with Gasteiger partial charge in [0.1, 0.15) is 18.1 Å². The number of carbonyl (C=O) groups is 1. The minimum atomic E-state index is -0.100. The molecule has 1 fully saturated rings. The van der Waals surface area contributed by atoms with E-state index >= 15 is 0 Å². The van der Waals surface area contributed by atoms with Crippen LogP contribution in [0.3, 0.4) is 0 Å². The minimum Gasteiger partial charge on any atom is -0.490 e. The fourth-order valence-electron chi connectivity index (χ4n) is 2.45. The number of ether oxygens (including phenoxy) is 2. The average molecular weight is 274 g/mol. The first-order valence-electron chi connectivity index (χ1n) is 7.24. The molecule has 1 aromatic rings. The predicted octanol–water partition coefficient (Wildman–Crippen LogP) is 3.98. The molecule has 1 aliphatic carbocycles. The predicted molar refractivity (Wildman–Crippen MR) is 78.9 cm³/mol. The SMILES string of the molecule is C=CCOc1ccc(OC(=O)C2CCC(C)CC2)cc1. The highest BCUT2D eigenvalue weighted by atomic mass is 16.5. The fourth-order valence-corrected chi connectivity index (χ4v) is 2.45. The molecular weight excluding hydrogens is 252 g/mol. The van der Waals surface area contributed by atoms with Crippen molar-refractivity contribution in [3.05, 3.63) is 36.9 Å². The van der Waals surface area contributed by atoms with E-state index < -0.39 is 0 Å². The molecule has 0 spiro atoms. The van der Waals surface area contributed by atoms with Gasteiger partial charge in [0.2, 0.25) is 0 Å². The summed E-state index contributed by atoms with van der Waals surface area (Å²) in [6, 6.07) is 7.13. The van der Waals surface area contributed by atoms with Crippen molar-refractivity contribution >= 4 is 5.97 Å². The average Bonchev–Trinajstić information content (AvgIpc) is 2.47. The van der Waals surface area contributed by atoms with Crippen LogP contribution in [0.4, 0.5) is 0 Å². The molecule has 0 saturated heterocycles. The maximum atomic E-state index is 12.1. The van der Waals surface area contributed by atoms with Crippen molar-refractivity contribution in [1.29, 1.82) is 0 Å². The first-order valence-corrected chi connectivity index (χ1v) is 7.24. The molecule has 0 bridgehead atoms. The summed E-state index contributed by atoms with van der Waals surface area (Å²) in [4.78, 5) is 12.1. The molecule has 0 heterocycles. The first-order chi connectivity index (χ1) is 9.69. The summed E-state index contributed by atoms with van der Waals surface area (Å²) in [7, 11) is 0. The standard InChI is InChI=1S/C17H22O3/c1-3-12-19-15-8-10-16(11-9-15)20-17(18)14-6-4-13(2)5-7-14/h3,8-11,13-14H,1,4-7,12H2,2H3. The third-order valence-corrected chi connectivity index (χ3v) is 3.76. The summed E-state index contributed by atoms with van der Waals surface area (Å²) in [5, 5.41) is 0. The van der Waals surface area contributed by atoms with Gasteiger partial charge in [-0.1, -0.05) is 19.6 Å². The molecule has 0 unspecified atom stereocenters. The van der Waals surface area contributed by atoms with Crippen LogP contribution in [0.2, 0.25) is 0 Å². The van der Waals surface area contributed by atoms with Crippen LogP contribution >= 0.6 is 0 Å². The van der Waals surface area contributed by atoms with Gasteiger partial charge >= 0.3 is 5.97 Å². The lowest BCUT2D eigenvalue weighted by Gasteiger charge is -2.24. The normalized spacial score (nSPS) is 22.1. The van der Waals surface area contributed by atoms with Crippen LogP contribution in [0.15, 0.2) is 36.9 Å². The molecule has 0 radical (unpaired) electrons. The Balaban J connectivity index is 1.86. The Morgan fingerprint density at radius 3 is 2.40 bits per heavy atom. The maximum Gasteiger partial charge on any atom is 0.314 e. The largest absolute Gasteiger partial charge is 0.490 e. The Morgan fingerprint density at radius 1 is 1.20 bits per heavy atom. The molecule has 0 aromatic heterocycles. The third-order valence-electron chi connectivity index (χ3n) is 3.76. The summed E-state index contributed by atoms with van der Waals surface area (Å²) in [6.45, 7) is 6.31. The Hall–Kier alpha value is -1.77. The first kappa shape index (κ1) is 14.6. The van der Waals surface area contributed by atoms with E-state index in [4.69, 9.17) is 9.47 Å². The molecular formula is C17H22O3. The van der Waals surface area contributed by atoms with Gasteiger partial charge in [-0.3, -0.25) is 4.79 Å². The van der Waals surface area contributed by atoms with Gasteiger partial charge in [0.05, 0.1) is 5.92 Å². The van der Waals surface area contributed by atoms with Gasteiger partial charge in [-0.05, 0) is 55.9 Å². The highest BCUT2D eigenvalue weighted by Crippen LogP contribution is 2.29. The van der Waals surface area contributed by atoms with Crippen molar-refractivity contribution in [2.24, 2.45) is 11.8 Å². The van der Waals surface area contributed by atoms with Gasteiger partial charge in [0.25, 0.3) is 0 Å². The van der Waals surface area contributed by atoms with Crippen LogP contribution in [-0.4, -0.2) is 12.6 Å². The zero-order valence-corrected chi connectivity index (χ0v) is 12.0. The lowest BCUT2D eigenvalue weighted by molar-refractivity contribution is -0.140. The second-order valence-electron chi connectivity index (χ2n) is 5.45. The van der Waals surface area contributed by atoms with Crippen molar-refractivity contribution in [3.8, 4) is 11.5 Å². The fraction of sp³-hybridized carbons (Fsp3) is 0.471. The van der Waals surface area contributed by atoms with Crippen molar-refractivity contribution in [2.75, 3.05) is 6.61 Å². The maximum absolute atomic E-state index is 12.1.